The number of hydrogen-bond donors (Lipinski definition) is 3. The highest BCUT2D eigenvalue weighted by Crippen LogP contribution is 2.33. The SMILES string of the molecule is COCC(O)CCNC(=O)C1CC2CCC1N2. The molecule has 2 aliphatic rings. The third kappa shape index (κ3) is 3.18. The van der Waals surface area contributed by atoms with E-state index in [2.05, 4.69) is 10.6 Å². The van der Waals surface area contributed by atoms with Gasteiger partial charge in [0.15, 0.2) is 0 Å². The summed E-state index contributed by atoms with van der Waals surface area (Å²) in [4.78, 5) is 11.9. The smallest absolute Gasteiger partial charge is 0.224 e. The second-order valence-corrected chi connectivity index (χ2v) is 5.08. The van der Waals surface area contributed by atoms with Crippen LogP contribution in [0.15, 0.2) is 0 Å². The van der Waals surface area contributed by atoms with E-state index in [-0.39, 0.29) is 11.8 Å². The Hall–Kier alpha value is -0.650. The van der Waals surface area contributed by atoms with Crippen molar-refractivity contribution in [1.82, 2.24) is 10.6 Å². The molecule has 2 aliphatic heterocycles. The number of amides is 1. The molecule has 4 atom stereocenters. The quantitative estimate of drug-likeness (QED) is 0.595. The molecule has 17 heavy (non-hydrogen) atoms. The summed E-state index contributed by atoms with van der Waals surface area (Å²) < 4.78 is 4.83. The lowest BCUT2D eigenvalue weighted by Gasteiger charge is -2.19. The van der Waals surface area contributed by atoms with E-state index < -0.39 is 6.10 Å². The van der Waals surface area contributed by atoms with Crippen LogP contribution in [0.1, 0.15) is 25.7 Å². The Labute approximate surface area is 102 Å². The Balaban J connectivity index is 1.64. The van der Waals surface area contributed by atoms with Crippen molar-refractivity contribution >= 4 is 5.91 Å². The number of rotatable bonds is 6. The number of methoxy groups -OCH3 is 1. The number of aliphatic hydroxyl groups is 1. The van der Waals surface area contributed by atoms with Gasteiger partial charge in [-0.25, -0.2) is 0 Å². The number of ether oxygens (including phenoxy) is 1. The van der Waals surface area contributed by atoms with Gasteiger partial charge in [-0.1, -0.05) is 0 Å². The lowest BCUT2D eigenvalue weighted by atomic mass is 9.88. The molecule has 3 N–H and O–H groups in total. The zero-order valence-corrected chi connectivity index (χ0v) is 10.3. The van der Waals surface area contributed by atoms with E-state index in [0.717, 1.165) is 12.8 Å². The topological polar surface area (TPSA) is 70.6 Å². The second kappa shape index (κ2) is 5.80. The first-order chi connectivity index (χ1) is 8.20. The summed E-state index contributed by atoms with van der Waals surface area (Å²) in [6, 6.07) is 0.929. The summed E-state index contributed by atoms with van der Waals surface area (Å²) >= 11 is 0. The summed E-state index contributed by atoms with van der Waals surface area (Å²) in [7, 11) is 1.56. The molecule has 2 heterocycles. The number of fused-ring (bicyclic) bond motifs is 2. The number of carbonyl (C=O) groups is 1. The van der Waals surface area contributed by atoms with Crippen LogP contribution in [0.5, 0.6) is 0 Å². The summed E-state index contributed by atoms with van der Waals surface area (Å²) in [5, 5.41) is 15.8. The molecule has 1 amide bonds. The van der Waals surface area contributed by atoms with Crippen LogP contribution in [0.2, 0.25) is 0 Å². The van der Waals surface area contributed by atoms with E-state index in [4.69, 9.17) is 4.74 Å². The number of carbonyl (C=O) groups excluding carboxylic acids is 1. The normalized spacial score (nSPS) is 32.7. The van der Waals surface area contributed by atoms with Gasteiger partial charge in [0.1, 0.15) is 0 Å². The molecule has 2 saturated heterocycles. The molecular weight excluding hydrogens is 220 g/mol. The highest BCUT2D eigenvalue weighted by atomic mass is 16.5. The van der Waals surface area contributed by atoms with E-state index >= 15 is 0 Å². The predicted molar refractivity (Wildman–Crippen MR) is 63.6 cm³/mol. The molecule has 0 aromatic carbocycles. The average molecular weight is 242 g/mol. The first-order valence-electron chi connectivity index (χ1n) is 6.41. The maximum atomic E-state index is 11.9. The van der Waals surface area contributed by atoms with Gasteiger partial charge < -0.3 is 20.5 Å². The molecule has 5 heteroatoms. The van der Waals surface area contributed by atoms with Crippen molar-refractivity contribution in [2.45, 2.75) is 43.9 Å². The van der Waals surface area contributed by atoms with E-state index in [9.17, 15) is 9.90 Å². The average Bonchev–Trinajstić information content (AvgIpc) is 2.90. The Kier molecular flexibility index (Phi) is 4.36. The second-order valence-electron chi connectivity index (χ2n) is 5.08. The minimum Gasteiger partial charge on any atom is -0.391 e. The van der Waals surface area contributed by atoms with Crippen LogP contribution in [-0.2, 0) is 9.53 Å². The molecule has 0 aromatic rings. The monoisotopic (exact) mass is 242 g/mol. The standard InChI is InChI=1S/C12H22N2O3/c1-17-7-9(15)4-5-13-12(16)10-6-8-2-3-11(10)14-8/h8-11,14-15H,2-7H2,1H3,(H,13,16). The van der Waals surface area contributed by atoms with Gasteiger partial charge in [0.05, 0.1) is 18.6 Å². The molecular formula is C12H22N2O3. The Morgan fingerprint density at radius 1 is 1.59 bits per heavy atom. The molecule has 4 unspecified atom stereocenters. The number of aliphatic hydroxyl groups excluding tert-OH is 1. The maximum absolute atomic E-state index is 11.9. The van der Waals surface area contributed by atoms with Gasteiger partial charge in [-0.15, -0.1) is 0 Å². The van der Waals surface area contributed by atoms with Crippen molar-refractivity contribution in [3.63, 3.8) is 0 Å². The van der Waals surface area contributed by atoms with Crippen molar-refractivity contribution in [2.75, 3.05) is 20.3 Å². The zero-order valence-electron chi connectivity index (χ0n) is 10.3. The zero-order chi connectivity index (χ0) is 12.3. The van der Waals surface area contributed by atoms with E-state index in [1.54, 1.807) is 7.11 Å². The molecule has 98 valence electrons. The minimum atomic E-state index is -0.488. The summed E-state index contributed by atoms with van der Waals surface area (Å²) in [5.41, 5.74) is 0. The highest BCUT2D eigenvalue weighted by Gasteiger charge is 2.42. The van der Waals surface area contributed by atoms with Gasteiger partial charge in [0.2, 0.25) is 5.91 Å². The lowest BCUT2D eigenvalue weighted by Crippen LogP contribution is -2.38. The van der Waals surface area contributed by atoms with Crippen LogP contribution in [0.3, 0.4) is 0 Å². The van der Waals surface area contributed by atoms with Crippen LogP contribution in [0.4, 0.5) is 0 Å². The van der Waals surface area contributed by atoms with Crippen molar-refractivity contribution in [3.8, 4) is 0 Å². The van der Waals surface area contributed by atoms with Crippen molar-refractivity contribution in [1.29, 1.82) is 0 Å². The molecule has 2 bridgehead atoms. The lowest BCUT2D eigenvalue weighted by molar-refractivity contribution is -0.125. The maximum Gasteiger partial charge on any atom is 0.224 e. The van der Waals surface area contributed by atoms with Gasteiger partial charge >= 0.3 is 0 Å². The Bertz CT molecular complexity index is 272. The fourth-order valence-corrected chi connectivity index (χ4v) is 2.88. The first kappa shape index (κ1) is 12.8. The van der Waals surface area contributed by atoms with Gasteiger partial charge in [0.25, 0.3) is 0 Å². The third-order valence-electron chi connectivity index (χ3n) is 3.77. The molecule has 0 saturated carbocycles. The van der Waals surface area contributed by atoms with E-state index in [0.29, 0.717) is 31.7 Å². The third-order valence-corrected chi connectivity index (χ3v) is 3.77. The van der Waals surface area contributed by atoms with Crippen molar-refractivity contribution < 1.29 is 14.6 Å². The largest absolute Gasteiger partial charge is 0.391 e. The van der Waals surface area contributed by atoms with Crippen LogP contribution >= 0.6 is 0 Å². The summed E-state index contributed by atoms with van der Waals surface area (Å²) in [5.74, 6) is 0.266. The fraction of sp³-hybridized carbons (Fsp3) is 0.917. The van der Waals surface area contributed by atoms with Gasteiger partial charge in [0, 0.05) is 25.7 Å². The van der Waals surface area contributed by atoms with Crippen molar-refractivity contribution in [3.05, 3.63) is 0 Å². The predicted octanol–water partition coefficient (Wildman–Crippen LogP) is -0.359. The molecule has 0 radical (unpaired) electrons. The van der Waals surface area contributed by atoms with Gasteiger partial charge in [-0.3, -0.25) is 4.79 Å². The van der Waals surface area contributed by atoms with Gasteiger partial charge in [-0.2, -0.15) is 0 Å². The van der Waals surface area contributed by atoms with Crippen LogP contribution in [-0.4, -0.2) is 49.5 Å². The van der Waals surface area contributed by atoms with Crippen LogP contribution in [0.25, 0.3) is 0 Å². The fourth-order valence-electron chi connectivity index (χ4n) is 2.88. The van der Waals surface area contributed by atoms with E-state index in [1.807, 2.05) is 0 Å². The number of nitrogens with one attached hydrogen (secondary N) is 2. The van der Waals surface area contributed by atoms with Crippen LogP contribution in [0, 0.1) is 5.92 Å². The molecule has 2 rings (SSSR count). The first-order valence-corrected chi connectivity index (χ1v) is 6.41. The van der Waals surface area contributed by atoms with Crippen molar-refractivity contribution in [2.24, 2.45) is 5.92 Å². The molecule has 2 fully saturated rings. The van der Waals surface area contributed by atoms with Crippen LogP contribution < -0.4 is 10.6 Å². The van der Waals surface area contributed by atoms with E-state index in [1.165, 1.54) is 6.42 Å². The molecule has 5 nitrogen and oxygen atoms in total. The molecule has 0 aromatic heterocycles. The number of hydrogen-bond acceptors (Lipinski definition) is 4. The summed E-state index contributed by atoms with van der Waals surface area (Å²) in [6.07, 6.45) is 3.36. The minimum absolute atomic E-state index is 0.133. The molecule has 0 spiro atoms. The highest BCUT2D eigenvalue weighted by molar-refractivity contribution is 5.80. The molecule has 0 aliphatic carbocycles. The Morgan fingerprint density at radius 2 is 2.41 bits per heavy atom. The Morgan fingerprint density at radius 3 is 3.00 bits per heavy atom. The van der Waals surface area contributed by atoms with Gasteiger partial charge in [-0.05, 0) is 25.7 Å². The summed E-state index contributed by atoms with van der Waals surface area (Å²) in [6.45, 7) is 0.850.